The molecule has 1 aromatic carbocycles. The van der Waals surface area contributed by atoms with Crippen molar-refractivity contribution in [1.82, 2.24) is 9.78 Å². The molecule has 0 spiro atoms. The second kappa shape index (κ2) is 5.84. The van der Waals surface area contributed by atoms with Crippen LogP contribution in [0, 0.1) is 11.3 Å². The Labute approximate surface area is 144 Å². The molecule has 2 rings (SSSR count). The normalized spacial score (nSPS) is 12.2. The van der Waals surface area contributed by atoms with E-state index in [-0.39, 0.29) is 5.69 Å². The predicted octanol–water partition coefficient (Wildman–Crippen LogP) is 3.06. The number of nitrogens with two attached hydrogens (primary N) is 1. The minimum Gasteiger partial charge on any atom is -0.382 e. The van der Waals surface area contributed by atoms with Crippen LogP contribution in [0.3, 0.4) is 0 Å². The first-order chi connectivity index (χ1) is 10.9. The zero-order chi connectivity index (χ0) is 18.4. The zero-order valence-corrected chi connectivity index (χ0v) is 14.0. The van der Waals surface area contributed by atoms with Crippen molar-refractivity contribution in [2.24, 2.45) is 0 Å². The molecule has 0 radical (unpaired) electrons. The molecule has 0 aliphatic rings. The van der Waals surface area contributed by atoms with Gasteiger partial charge in [0.25, 0.3) is 0 Å². The van der Waals surface area contributed by atoms with Gasteiger partial charge >= 0.3 is 6.18 Å². The molecule has 0 fully saturated rings. The van der Waals surface area contributed by atoms with Gasteiger partial charge in [0, 0.05) is 6.26 Å². The van der Waals surface area contributed by atoms with E-state index in [4.69, 9.17) is 34.2 Å². The minimum absolute atomic E-state index is 0.268. The van der Waals surface area contributed by atoms with E-state index in [1.165, 1.54) is 0 Å². The van der Waals surface area contributed by atoms with E-state index in [0.717, 1.165) is 10.9 Å². The van der Waals surface area contributed by atoms with Gasteiger partial charge in [0.1, 0.15) is 22.5 Å². The number of nitrogen functional groups attached to an aromatic ring is 1. The van der Waals surface area contributed by atoms with E-state index in [1.54, 1.807) is 6.07 Å². The summed E-state index contributed by atoms with van der Waals surface area (Å²) in [4.78, 5) is -0.558. The van der Waals surface area contributed by atoms with Gasteiger partial charge in [-0.05, 0) is 12.1 Å². The fraction of sp³-hybridized carbons (Fsp3) is 0.167. The van der Waals surface area contributed by atoms with Crippen LogP contribution in [0.25, 0.3) is 5.69 Å². The van der Waals surface area contributed by atoms with E-state index >= 15 is 0 Å². The Bertz CT molecular complexity index is 954. The molecule has 1 aromatic heterocycles. The smallest absolute Gasteiger partial charge is 0.382 e. The molecule has 0 bridgehead atoms. The summed E-state index contributed by atoms with van der Waals surface area (Å²) in [6, 6.07) is 2.74. The highest BCUT2D eigenvalue weighted by Crippen LogP contribution is 2.39. The number of halogens is 5. The summed E-state index contributed by atoms with van der Waals surface area (Å²) < 4.78 is 62.5. The molecule has 128 valence electrons. The van der Waals surface area contributed by atoms with Crippen LogP contribution < -0.4 is 5.73 Å². The molecule has 0 aliphatic carbocycles. The van der Waals surface area contributed by atoms with Gasteiger partial charge in [0.15, 0.2) is 15.5 Å². The molecule has 1 heterocycles. The van der Waals surface area contributed by atoms with Gasteiger partial charge in [-0.15, -0.1) is 0 Å². The predicted molar refractivity (Wildman–Crippen MR) is 80.8 cm³/mol. The summed E-state index contributed by atoms with van der Waals surface area (Å²) in [6.45, 7) is 0. The Morgan fingerprint density at radius 2 is 1.79 bits per heavy atom. The topological polar surface area (TPSA) is 102 Å². The van der Waals surface area contributed by atoms with E-state index in [0.29, 0.717) is 12.1 Å². The number of benzene rings is 1. The highest BCUT2D eigenvalue weighted by atomic mass is 35.5. The number of nitrogens with zero attached hydrogens (tertiary/aromatic N) is 3. The number of alkyl halides is 3. The first-order valence-corrected chi connectivity index (χ1v) is 8.58. The molecule has 2 aromatic rings. The SMILES string of the molecule is CS(=O)(=O)c1c(C#N)nn(-c2c(Cl)cc(C(F)(F)F)cc2Cl)c1N. The quantitative estimate of drug-likeness (QED) is 0.837. The lowest BCUT2D eigenvalue weighted by atomic mass is 10.2. The van der Waals surface area contributed by atoms with Crippen LogP contribution in [0.4, 0.5) is 19.0 Å². The number of aromatic nitrogens is 2. The maximum atomic E-state index is 12.8. The first-order valence-electron chi connectivity index (χ1n) is 5.93. The minimum atomic E-state index is -4.68. The van der Waals surface area contributed by atoms with Gasteiger partial charge in [-0.3, -0.25) is 0 Å². The average molecular weight is 399 g/mol. The van der Waals surface area contributed by atoms with Crippen molar-refractivity contribution in [3.8, 4) is 11.8 Å². The summed E-state index contributed by atoms with van der Waals surface area (Å²) >= 11 is 11.7. The van der Waals surface area contributed by atoms with Crippen LogP contribution >= 0.6 is 23.2 Å². The summed E-state index contributed by atoms with van der Waals surface area (Å²) in [6.07, 6.45) is -3.88. The van der Waals surface area contributed by atoms with Crippen LogP contribution in [-0.4, -0.2) is 24.5 Å². The number of hydrogen-bond donors (Lipinski definition) is 1. The van der Waals surface area contributed by atoms with Gasteiger partial charge in [-0.25, -0.2) is 13.1 Å². The van der Waals surface area contributed by atoms with E-state index < -0.39 is 48.0 Å². The molecular weight excluding hydrogens is 392 g/mol. The standard InChI is InChI=1S/C12H7Cl2F3N4O2S/c1-24(22,23)10-8(4-18)20-21(11(10)19)9-6(13)2-5(3-7(9)14)12(15,16)17/h2-3H,19H2,1H3. The van der Waals surface area contributed by atoms with Crippen molar-refractivity contribution in [1.29, 1.82) is 5.26 Å². The summed E-state index contributed by atoms with van der Waals surface area (Å²) in [7, 11) is -3.92. The Hall–Kier alpha value is -1.96. The van der Waals surface area contributed by atoms with E-state index in [1.807, 2.05) is 0 Å². The van der Waals surface area contributed by atoms with Gasteiger partial charge in [-0.2, -0.15) is 23.5 Å². The van der Waals surface area contributed by atoms with Gasteiger partial charge in [0.2, 0.25) is 0 Å². The van der Waals surface area contributed by atoms with Gasteiger partial charge < -0.3 is 5.73 Å². The highest BCUT2D eigenvalue weighted by Gasteiger charge is 2.33. The fourth-order valence-electron chi connectivity index (χ4n) is 1.96. The summed E-state index contributed by atoms with van der Waals surface area (Å²) in [5.74, 6) is -0.488. The molecule has 2 N–H and O–H groups in total. The summed E-state index contributed by atoms with van der Waals surface area (Å²) in [5, 5.41) is 11.7. The third-order valence-electron chi connectivity index (χ3n) is 2.91. The number of nitriles is 1. The molecule has 6 nitrogen and oxygen atoms in total. The third kappa shape index (κ3) is 3.15. The first kappa shape index (κ1) is 18.4. The Balaban J connectivity index is 2.80. The van der Waals surface area contributed by atoms with E-state index in [9.17, 15) is 21.6 Å². The Kier molecular flexibility index (Phi) is 4.47. The lowest BCUT2D eigenvalue weighted by molar-refractivity contribution is -0.137. The molecule has 0 unspecified atom stereocenters. The lowest BCUT2D eigenvalue weighted by Crippen LogP contribution is -2.09. The van der Waals surface area contributed by atoms with Crippen molar-refractivity contribution in [2.45, 2.75) is 11.1 Å². The van der Waals surface area contributed by atoms with Gasteiger partial charge in [-0.1, -0.05) is 23.2 Å². The van der Waals surface area contributed by atoms with Crippen LogP contribution in [0.2, 0.25) is 10.0 Å². The second-order valence-corrected chi connectivity index (χ2v) is 7.41. The number of sulfone groups is 1. The average Bonchev–Trinajstić information content (AvgIpc) is 2.74. The molecule has 24 heavy (non-hydrogen) atoms. The second-order valence-electron chi connectivity index (χ2n) is 4.65. The Morgan fingerprint density at radius 3 is 2.12 bits per heavy atom. The molecule has 12 heteroatoms. The number of anilines is 1. The van der Waals surface area contributed by atoms with E-state index in [2.05, 4.69) is 5.10 Å². The fourth-order valence-corrected chi connectivity index (χ4v) is 3.51. The van der Waals surface area contributed by atoms with Crippen molar-refractivity contribution in [3.05, 3.63) is 33.4 Å². The third-order valence-corrected chi connectivity index (χ3v) is 4.63. The van der Waals surface area contributed by atoms with Crippen molar-refractivity contribution >= 4 is 38.9 Å². The van der Waals surface area contributed by atoms with Crippen molar-refractivity contribution in [2.75, 3.05) is 12.0 Å². The van der Waals surface area contributed by atoms with Crippen LogP contribution in [-0.2, 0) is 16.0 Å². The maximum absolute atomic E-state index is 12.8. The molecule has 0 saturated carbocycles. The van der Waals surface area contributed by atoms with Crippen molar-refractivity contribution < 1.29 is 21.6 Å². The Morgan fingerprint density at radius 1 is 1.29 bits per heavy atom. The monoisotopic (exact) mass is 398 g/mol. The molecular formula is C12H7Cl2F3N4O2S. The highest BCUT2D eigenvalue weighted by molar-refractivity contribution is 7.91. The number of hydrogen-bond acceptors (Lipinski definition) is 5. The van der Waals surface area contributed by atoms with Crippen LogP contribution in [0.1, 0.15) is 11.3 Å². The molecule has 0 saturated heterocycles. The van der Waals surface area contributed by atoms with Crippen molar-refractivity contribution in [3.63, 3.8) is 0 Å². The van der Waals surface area contributed by atoms with Crippen LogP contribution in [0.15, 0.2) is 17.0 Å². The summed E-state index contributed by atoms with van der Waals surface area (Å²) in [5.41, 5.74) is 3.79. The molecule has 0 atom stereocenters. The van der Waals surface area contributed by atoms with Crippen LogP contribution in [0.5, 0.6) is 0 Å². The largest absolute Gasteiger partial charge is 0.416 e. The number of rotatable bonds is 2. The molecule has 0 aliphatic heterocycles. The maximum Gasteiger partial charge on any atom is 0.416 e. The van der Waals surface area contributed by atoms with Gasteiger partial charge in [0.05, 0.1) is 15.6 Å². The lowest BCUT2D eigenvalue weighted by Gasteiger charge is -2.13. The zero-order valence-electron chi connectivity index (χ0n) is 11.7. The molecule has 0 amide bonds.